The predicted octanol–water partition coefficient (Wildman–Crippen LogP) is 7.37. The predicted molar refractivity (Wildman–Crippen MR) is 127 cm³/mol. The minimum atomic E-state index is -1.59. The first kappa shape index (κ1) is 25.9. The third-order valence-electron chi connectivity index (χ3n) is 6.09. The highest BCUT2D eigenvalue weighted by Gasteiger charge is 2.33. The van der Waals surface area contributed by atoms with Crippen molar-refractivity contribution in [3.05, 3.63) is 42.0 Å². The molecule has 0 bridgehead atoms. The van der Waals surface area contributed by atoms with Crippen LogP contribution in [0, 0.1) is 5.92 Å². The van der Waals surface area contributed by atoms with Gasteiger partial charge in [0.25, 0.3) is 0 Å². The highest BCUT2D eigenvalue weighted by molar-refractivity contribution is 6.73. The fourth-order valence-electron chi connectivity index (χ4n) is 3.92. The summed E-state index contributed by atoms with van der Waals surface area (Å²) in [6.07, 6.45) is 4.75. The summed E-state index contributed by atoms with van der Waals surface area (Å²) in [5.74, 6) is 1.42. The molecule has 0 aliphatic heterocycles. The zero-order chi connectivity index (χ0) is 21.7. The van der Waals surface area contributed by atoms with Crippen molar-refractivity contribution in [3.63, 3.8) is 0 Å². The number of benzene rings is 1. The first-order valence-electron chi connectivity index (χ1n) is 11.4. The number of hydrogen-bond acceptors (Lipinski definition) is 3. The Hall–Kier alpha value is -1.10. The van der Waals surface area contributed by atoms with Crippen LogP contribution in [-0.4, -0.2) is 28.1 Å². The van der Waals surface area contributed by atoms with Crippen LogP contribution < -0.4 is 4.74 Å². The molecular formula is C25H44O3Si. The maximum Gasteiger partial charge on any atom is 0.192 e. The Kier molecular flexibility index (Phi) is 12.5. The lowest BCUT2D eigenvalue weighted by atomic mass is 9.94. The van der Waals surface area contributed by atoms with Crippen molar-refractivity contribution in [3.8, 4) is 5.75 Å². The van der Waals surface area contributed by atoms with E-state index < -0.39 is 8.32 Å². The number of unbranched alkanes of at least 4 members (excludes halogenated alkanes) is 1. The highest BCUT2D eigenvalue weighted by atomic mass is 28.4. The minimum Gasteiger partial charge on any atom is -0.497 e. The second-order valence-electron chi connectivity index (χ2n) is 8.43. The fourth-order valence-corrected chi connectivity index (χ4v) is 6.92. The summed E-state index contributed by atoms with van der Waals surface area (Å²) in [4.78, 5) is 0. The van der Waals surface area contributed by atoms with Crippen LogP contribution in [0.25, 0.3) is 0 Å². The summed E-state index contributed by atoms with van der Waals surface area (Å²) >= 11 is 0. The van der Waals surface area contributed by atoms with E-state index in [1.54, 1.807) is 7.11 Å². The van der Waals surface area contributed by atoms with Gasteiger partial charge < -0.3 is 13.9 Å². The van der Waals surface area contributed by atoms with E-state index in [1.807, 2.05) is 12.1 Å². The standard InChI is InChI=1S/C25H44O3Si/c1-8-29(9-2,10-3)28-25(22(6)19-21(4)5)13-11-12-18-27-20-23-14-16-24(26-7)17-15-23/h14-17,22,25H,4,8-13,18-20H2,1-3,5-7H3/t22-,25-/m0/s1. The van der Waals surface area contributed by atoms with Crippen LogP contribution in [0.2, 0.25) is 18.1 Å². The van der Waals surface area contributed by atoms with Crippen LogP contribution in [0.15, 0.2) is 36.4 Å². The minimum absolute atomic E-state index is 0.347. The van der Waals surface area contributed by atoms with E-state index in [9.17, 15) is 0 Å². The van der Waals surface area contributed by atoms with Crippen LogP contribution in [-0.2, 0) is 15.8 Å². The molecule has 0 aliphatic carbocycles. The summed E-state index contributed by atoms with van der Waals surface area (Å²) in [6, 6.07) is 11.7. The van der Waals surface area contributed by atoms with E-state index in [2.05, 4.69) is 53.3 Å². The number of methoxy groups -OCH3 is 1. The molecule has 0 aromatic heterocycles. The lowest BCUT2D eigenvalue weighted by molar-refractivity contribution is 0.0976. The van der Waals surface area contributed by atoms with Crippen molar-refractivity contribution in [2.75, 3.05) is 13.7 Å². The summed E-state index contributed by atoms with van der Waals surface area (Å²) < 4.78 is 18.0. The van der Waals surface area contributed by atoms with Gasteiger partial charge in [0, 0.05) is 12.7 Å². The second-order valence-corrected chi connectivity index (χ2v) is 13.2. The Balaban J connectivity index is 2.46. The topological polar surface area (TPSA) is 27.7 Å². The van der Waals surface area contributed by atoms with Crippen molar-refractivity contribution in [1.29, 1.82) is 0 Å². The molecule has 1 rings (SSSR count). The van der Waals surface area contributed by atoms with Gasteiger partial charge >= 0.3 is 0 Å². The maximum absolute atomic E-state index is 6.89. The summed E-state index contributed by atoms with van der Waals surface area (Å²) in [5.41, 5.74) is 2.44. The Morgan fingerprint density at radius 2 is 1.66 bits per heavy atom. The molecule has 4 heteroatoms. The number of ether oxygens (including phenoxy) is 2. The van der Waals surface area contributed by atoms with E-state index in [1.165, 1.54) is 29.3 Å². The van der Waals surface area contributed by atoms with Crippen LogP contribution >= 0.6 is 0 Å². The average Bonchev–Trinajstić information content (AvgIpc) is 2.73. The highest BCUT2D eigenvalue weighted by Crippen LogP contribution is 2.30. The molecule has 0 amide bonds. The molecule has 0 N–H and O–H groups in total. The lowest BCUT2D eigenvalue weighted by Crippen LogP contribution is -2.42. The summed E-state index contributed by atoms with van der Waals surface area (Å²) in [6.45, 7) is 17.0. The van der Waals surface area contributed by atoms with Gasteiger partial charge in [0.15, 0.2) is 8.32 Å². The Morgan fingerprint density at radius 1 is 1.03 bits per heavy atom. The Bertz CT molecular complexity index is 558. The van der Waals surface area contributed by atoms with Crippen molar-refractivity contribution < 1.29 is 13.9 Å². The molecule has 0 saturated carbocycles. The third-order valence-corrected chi connectivity index (χ3v) is 10.8. The molecule has 1 aromatic carbocycles. The maximum atomic E-state index is 6.89. The average molecular weight is 421 g/mol. The molecule has 0 radical (unpaired) electrons. The monoisotopic (exact) mass is 420 g/mol. The molecule has 2 atom stereocenters. The molecule has 0 heterocycles. The SMILES string of the molecule is C=C(C)C[C@H](C)[C@H](CCCCOCc1ccc(OC)cc1)O[Si](CC)(CC)CC. The van der Waals surface area contributed by atoms with Gasteiger partial charge in [-0.25, -0.2) is 0 Å². The van der Waals surface area contributed by atoms with Crippen LogP contribution in [0.1, 0.15) is 65.9 Å². The molecule has 0 unspecified atom stereocenters. The van der Waals surface area contributed by atoms with Crippen molar-refractivity contribution >= 4 is 8.32 Å². The van der Waals surface area contributed by atoms with Gasteiger partial charge in [-0.3, -0.25) is 0 Å². The van der Waals surface area contributed by atoms with Crippen LogP contribution in [0.4, 0.5) is 0 Å². The van der Waals surface area contributed by atoms with Gasteiger partial charge in [0.1, 0.15) is 5.75 Å². The first-order chi connectivity index (χ1) is 13.9. The smallest absolute Gasteiger partial charge is 0.192 e. The third kappa shape index (κ3) is 9.50. The number of hydrogen-bond donors (Lipinski definition) is 0. The molecular weight excluding hydrogens is 376 g/mol. The van der Waals surface area contributed by atoms with Gasteiger partial charge in [-0.1, -0.05) is 45.4 Å². The summed E-state index contributed by atoms with van der Waals surface area (Å²) in [7, 11) is 0.0954. The number of rotatable bonds is 16. The van der Waals surface area contributed by atoms with Crippen molar-refractivity contribution in [1.82, 2.24) is 0 Å². The van der Waals surface area contributed by atoms with E-state index in [-0.39, 0.29) is 0 Å². The van der Waals surface area contributed by atoms with Crippen molar-refractivity contribution in [2.45, 2.75) is 91.1 Å². The second kappa shape index (κ2) is 14.0. The van der Waals surface area contributed by atoms with Gasteiger partial charge in [-0.2, -0.15) is 0 Å². The van der Waals surface area contributed by atoms with E-state index >= 15 is 0 Å². The lowest BCUT2D eigenvalue weighted by Gasteiger charge is -2.36. The molecule has 3 nitrogen and oxygen atoms in total. The molecule has 0 spiro atoms. The van der Waals surface area contributed by atoms with Crippen LogP contribution in [0.3, 0.4) is 0 Å². The molecule has 29 heavy (non-hydrogen) atoms. The zero-order valence-electron chi connectivity index (χ0n) is 19.8. The molecule has 166 valence electrons. The van der Waals surface area contributed by atoms with E-state index in [4.69, 9.17) is 13.9 Å². The van der Waals surface area contributed by atoms with E-state index in [0.717, 1.165) is 38.0 Å². The molecule has 1 aromatic rings. The molecule has 0 fully saturated rings. The largest absolute Gasteiger partial charge is 0.497 e. The quantitative estimate of drug-likeness (QED) is 0.159. The Morgan fingerprint density at radius 3 is 2.17 bits per heavy atom. The van der Waals surface area contributed by atoms with Gasteiger partial charge in [0.05, 0.1) is 13.7 Å². The van der Waals surface area contributed by atoms with Gasteiger partial charge in [-0.05, 0) is 74.4 Å². The van der Waals surface area contributed by atoms with Gasteiger partial charge in [0.2, 0.25) is 0 Å². The molecule has 0 saturated heterocycles. The first-order valence-corrected chi connectivity index (χ1v) is 14.0. The molecule has 0 aliphatic rings. The van der Waals surface area contributed by atoms with Crippen LogP contribution in [0.5, 0.6) is 5.75 Å². The van der Waals surface area contributed by atoms with Crippen molar-refractivity contribution in [2.24, 2.45) is 5.92 Å². The number of allylic oxidation sites excluding steroid dienone is 1. The summed E-state index contributed by atoms with van der Waals surface area (Å²) in [5, 5.41) is 0. The fraction of sp³-hybridized carbons (Fsp3) is 0.680. The normalized spacial score (nSPS) is 13.9. The zero-order valence-corrected chi connectivity index (χ0v) is 20.8. The van der Waals surface area contributed by atoms with E-state index in [0.29, 0.717) is 18.6 Å². The Labute approximate surface area is 181 Å². The van der Waals surface area contributed by atoms with Gasteiger partial charge in [-0.15, -0.1) is 6.58 Å².